The minimum absolute atomic E-state index is 0.485. The fourth-order valence-corrected chi connectivity index (χ4v) is 1.06. The Bertz CT molecular complexity index is 485. The predicted molar refractivity (Wildman–Crippen MR) is 61.4 cm³/mol. The van der Waals surface area contributed by atoms with Crippen molar-refractivity contribution in [3.8, 4) is 17.6 Å². The number of benzene rings is 1. The number of hydrogen-bond donors (Lipinski definition) is 1. The number of methoxy groups -OCH3 is 2. The summed E-state index contributed by atoms with van der Waals surface area (Å²) in [5.74, 6) is 3.27. The molecular formula is C12H11NO4. The maximum absolute atomic E-state index is 11.4. The second-order valence-electron chi connectivity index (χ2n) is 2.90. The van der Waals surface area contributed by atoms with Crippen LogP contribution < -0.4 is 10.1 Å². The smallest absolute Gasteiger partial charge is 0.384 e. The summed E-state index contributed by atoms with van der Waals surface area (Å²) >= 11 is 0. The Hall–Kier alpha value is -2.48. The van der Waals surface area contributed by atoms with Crippen molar-refractivity contribution in [1.29, 1.82) is 0 Å². The molecule has 5 heteroatoms. The van der Waals surface area contributed by atoms with Crippen LogP contribution in [-0.2, 0) is 14.3 Å². The lowest BCUT2D eigenvalue weighted by molar-refractivity contribution is -0.133. The van der Waals surface area contributed by atoms with Crippen molar-refractivity contribution < 1.29 is 19.1 Å². The van der Waals surface area contributed by atoms with Gasteiger partial charge in [-0.3, -0.25) is 4.79 Å². The average molecular weight is 233 g/mol. The first-order valence-corrected chi connectivity index (χ1v) is 4.71. The summed E-state index contributed by atoms with van der Waals surface area (Å²) in [4.78, 5) is 22.0. The van der Waals surface area contributed by atoms with Crippen LogP contribution in [0, 0.1) is 11.8 Å². The number of amides is 1. The molecule has 1 aromatic carbocycles. The van der Waals surface area contributed by atoms with E-state index in [0.29, 0.717) is 11.4 Å². The number of carbonyl (C=O) groups is 2. The molecule has 0 bridgehead atoms. The number of nitrogens with one attached hydrogen (secondary N) is 1. The summed E-state index contributed by atoms with van der Waals surface area (Å²) in [6.07, 6.45) is 0. The lowest BCUT2D eigenvalue weighted by Crippen LogP contribution is -2.10. The van der Waals surface area contributed by atoms with E-state index in [9.17, 15) is 9.59 Å². The van der Waals surface area contributed by atoms with Crippen molar-refractivity contribution in [1.82, 2.24) is 0 Å². The lowest BCUT2D eigenvalue weighted by atomic mass is 10.3. The molecule has 0 heterocycles. The summed E-state index contributed by atoms with van der Waals surface area (Å²) in [5.41, 5.74) is 0.485. The van der Waals surface area contributed by atoms with Crippen LogP contribution in [0.2, 0.25) is 0 Å². The van der Waals surface area contributed by atoms with Gasteiger partial charge in [-0.1, -0.05) is 12.1 Å². The third kappa shape index (κ3) is 3.87. The third-order valence-corrected chi connectivity index (χ3v) is 1.82. The molecule has 88 valence electrons. The highest BCUT2D eigenvalue weighted by Gasteiger charge is 2.04. The van der Waals surface area contributed by atoms with Crippen LogP contribution in [0.5, 0.6) is 5.75 Å². The predicted octanol–water partition coefficient (Wildman–Crippen LogP) is 0.810. The average Bonchev–Trinajstić information content (AvgIpc) is 2.36. The van der Waals surface area contributed by atoms with E-state index in [0.717, 1.165) is 0 Å². The van der Waals surface area contributed by atoms with Crippen molar-refractivity contribution in [2.75, 3.05) is 19.5 Å². The molecule has 0 radical (unpaired) electrons. The molecule has 1 rings (SSSR count). The molecular weight excluding hydrogens is 222 g/mol. The SMILES string of the molecule is COC(=O)C#CC(=O)Nc1ccccc1OC. The third-order valence-electron chi connectivity index (χ3n) is 1.82. The zero-order valence-corrected chi connectivity index (χ0v) is 9.44. The van der Waals surface area contributed by atoms with Gasteiger partial charge in [0, 0.05) is 11.8 Å². The summed E-state index contributed by atoms with van der Waals surface area (Å²) in [6.45, 7) is 0. The second-order valence-corrected chi connectivity index (χ2v) is 2.90. The van der Waals surface area contributed by atoms with Crippen molar-refractivity contribution in [3.63, 3.8) is 0 Å². The van der Waals surface area contributed by atoms with E-state index in [1.165, 1.54) is 14.2 Å². The zero-order chi connectivity index (χ0) is 12.7. The normalized spacial score (nSPS) is 8.59. The first kappa shape index (κ1) is 12.6. The Kier molecular flexibility index (Phi) is 4.58. The van der Waals surface area contributed by atoms with Gasteiger partial charge in [0.05, 0.1) is 19.9 Å². The molecule has 1 N–H and O–H groups in total. The highest BCUT2D eigenvalue weighted by atomic mass is 16.5. The number of hydrogen-bond acceptors (Lipinski definition) is 4. The minimum atomic E-state index is -0.764. The minimum Gasteiger partial charge on any atom is -0.495 e. The first-order chi connectivity index (χ1) is 8.17. The van der Waals surface area contributed by atoms with Gasteiger partial charge in [0.25, 0.3) is 0 Å². The highest BCUT2D eigenvalue weighted by Crippen LogP contribution is 2.22. The van der Waals surface area contributed by atoms with E-state index in [1.54, 1.807) is 24.3 Å². The molecule has 17 heavy (non-hydrogen) atoms. The number of para-hydroxylation sites is 2. The number of esters is 1. The number of anilines is 1. The molecule has 0 saturated heterocycles. The van der Waals surface area contributed by atoms with E-state index in [-0.39, 0.29) is 0 Å². The monoisotopic (exact) mass is 233 g/mol. The first-order valence-electron chi connectivity index (χ1n) is 4.71. The van der Waals surface area contributed by atoms with E-state index in [2.05, 4.69) is 16.0 Å². The number of carbonyl (C=O) groups excluding carboxylic acids is 2. The Morgan fingerprint density at radius 3 is 2.53 bits per heavy atom. The lowest BCUT2D eigenvalue weighted by Gasteiger charge is -2.06. The van der Waals surface area contributed by atoms with Crippen LogP contribution in [0.1, 0.15) is 0 Å². The van der Waals surface area contributed by atoms with Crippen LogP contribution in [0.15, 0.2) is 24.3 Å². The summed E-state index contributed by atoms with van der Waals surface area (Å²) < 4.78 is 9.32. The zero-order valence-electron chi connectivity index (χ0n) is 9.44. The molecule has 0 aliphatic heterocycles. The van der Waals surface area contributed by atoms with Crippen molar-refractivity contribution in [3.05, 3.63) is 24.3 Å². The van der Waals surface area contributed by atoms with E-state index in [1.807, 2.05) is 5.92 Å². The molecule has 0 aliphatic carbocycles. The van der Waals surface area contributed by atoms with Crippen LogP contribution >= 0.6 is 0 Å². The van der Waals surface area contributed by atoms with Gasteiger partial charge in [-0.15, -0.1) is 0 Å². The maximum Gasteiger partial charge on any atom is 0.384 e. The van der Waals surface area contributed by atoms with Crippen LogP contribution in [0.25, 0.3) is 0 Å². The van der Waals surface area contributed by atoms with E-state index >= 15 is 0 Å². The molecule has 0 atom stereocenters. The highest BCUT2D eigenvalue weighted by molar-refractivity contribution is 6.08. The Morgan fingerprint density at radius 1 is 1.18 bits per heavy atom. The molecule has 0 fully saturated rings. The topological polar surface area (TPSA) is 64.6 Å². The molecule has 5 nitrogen and oxygen atoms in total. The van der Waals surface area contributed by atoms with Crippen LogP contribution in [-0.4, -0.2) is 26.1 Å². The van der Waals surface area contributed by atoms with Gasteiger partial charge >= 0.3 is 11.9 Å². The van der Waals surface area contributed by atoms with E-state index in [4.69, 9.17) is 4.74 Å². The fraction of sp³-hybridized carbons (Fsp3) is 0.167. The molecule has 0 spiro atoms. The fourth-order valence-electron chi connectivity index (χ4n) is 1.06. The van der Waals surface area contributed by atoms with Gasteiger partial charge in [-0.25, -0.2) is 4.79 Å². The van der Waals surface area contributed by atoms with Gasteiger partial charge in [-0.05, 0) is 12.1 Å². The van der Waals surface area contributed by atoms with Gasteiger partial charge < -0.3 is 14.8 Å². The number of rotatable bonds is 2. The Morgan fingerprint density at radius 2 is 1.88 bits per heavy atom. The maximum atomic E-state index is 11.4. The number of ether oxygens (including phenoxy) is 2. The quantitative estimate of drug-likeness (QED) is 0.466. The summed E-state index contributed by atoms with van der Waals surface area (Å²) in [5, 5.41) is 2.50. The van der Waals surface area contributed by atoms with Gasteiger partial charge in [0.15, 0.2) is 0 Å². The van der Waals surface area contributed by atoms with Crippen LogP contribution in [0.3, 0.4) is 0 Å². The Labute approximate surface area is 98.7 Å². The van der Waals surface area contributed by atoms with E-state index < -0.39 is 11.9 Å². The molecule has 0 aromatic heterocycles. The van der Waals surface area contributed by atoms with Gasteiger partial charge in [0.1, 0.15) is 5.75 Å². The standard InChI is InChI=1S/C12H11NO4/c1-16-10-6-4-3-5-9(10)13-11(14)7-8-12(15)17-2/h3-6H,1-2H3,(H,13,14). The molecule has 1 aromatic rings. The molecule has 0 unspecified atom stereocenters. The summed E-state index contributed by atoms with van der Waals surface area (Å²) in [6, 6.07) is 6.88. The molecule has 0 saturated carbocycles. The second kappa shape index (κ2) is 6.18. The summed E-state index contributed by atoms with van der Waals surface area (Å²) in [7, 11) is 2.68. The Balaban J connectivity index is 2.73. The van der Waals surface area contributed by atoms with Crippen molar-refractivity contribution >= 4 is 17.6 Å². The van der Waals surface area contributed by atoms with Gasteiger partial charge in [0.2, 0.25) is 0 Å². The molecule has 1 amide bonds. The largest absolute Gasteiger partial charge is 0.495 e. The van der Waals surface area contributed by atoms with Gasteiger partial charge in [-0.2, -0.15) is 0 Å². The van der Waals surface area contributed by atoms with Crippen LogP contribution in [0.4, 0.5) is 5.69 Å². The van der Waals surface area contributed by atoms with Crippen molar-refractivity contribution in [2.24, 2.45) is 0 Å². The van der Waals surface area contributed by atoms with Crippen molar-refractivity contribution in [2.45, 2.75) is 0 Å². The molecule has 0 aliphatic rings.